The molecule has 2 aliphatic carbocycles. The number of ether oxygens (including phenoxy) is 3. The minimum Gasteiger partial charge on any atom is -0.403 e. The summed E-state index contributed by atoms with van der Waals surface area (Å²) < 4.78 is 111. The lowest BCUT2D eigenvalue weighted by atomic mass is 9.96. The molecule has 0 bridgehead atoms. The minimum atomic E-state index is -5.11. The molecule has 194 valence electrons. The summed E-state index contributed by atoms with van der Waals surface area (Å²) in [4.78, 5) is 0. The zero-order chi connectivity index (χ0) is 26.0. The fourth-order valence-corrected chi connectivity index (χ4v) is 4.37. The molecule has 1 fully saturated rings. The van der Waals surface area contributed by atoms with Crippen molar-refractivity contribution in [2.24, 2.45) is 5.92 Å². The van der Waals surface area contributed by atoms with E-state index in [0.29, 0.717) is 24.9 Å². The van der Waals surface area contributed by atoms with Crippen LogP contribution in [0.3, 0.4) is 0 Å². The highest BCUT2D eigenvalue weighted by Crippen LogP contribution is 2.32. The number of hydrogen-bond acceptors (Lipinski definition) is 3. The lowest BCUT2D eigenvalue weighted by Gasteiger charge is -2.30. The summed E-state index contributed by atoms with van der Waals surface area (Å²) in [6.07, 6.45) is -0.0436. The second-order valence-electron chi connectivity index (χ2n) is 8.69. The molecule has 3 nitrogen and oxygen atoms in total. The standard InChI is InChI=1S/C26H23F7O3/c1-2-3-14-12-34-25(35-13-14)16-4-6-18(19(27)9-16)17-10-21(29)24(22(30)11-17)15-5-7-23(20(28)8-15)36-26(31,32)33/h4,7-11,14,25H,2-3,5-6,12-13H2,1H3. The van der Waals surface area contributed by atoms with Crippen LogP contribution < -0.4 is 10.4 Å². The Balaban J connectivity index is 1.59. The zero-order valence-electron chi connectivity index (χ0n) is 19.2. The fraction of sp³-hybridized carbons (Fsp3) is 0.385. The van der Waals surface area contributed by atoms with Gasteiger partial charge < -0.3 is 14.2 Å². The lowest BCUT2D eigenvalue weighted by molar-refractivity contribution is -0.304. The fourth-order valence-electron chi connectivity index (χ4n) is 4.37. The summed E-state index contributed by atoms with van der Waals surface area (Å²) in [6.45, 7) is 3.05. The third-order valence-electron chi connectivity index (χ3n) is 6.04. The third-order valence-corrected chi connectivity index (χ3v) is 6.04. The predicted molar refractivity (Wildman–Crippen MR) is 117 cm³/mol. The van der Waals surface area contributed by atoms with Gasteiger partial charge in [-0.3, -0.25) is 0 Å². The molecule has 1 saturated heterocycles. The van der Waals surface area contributed by atoms with E-state index in [4.69, 9.17) is 9.47 Å². The van der Waals surface area contributed by atoms with E-state index < -0.39 is 53.3 Å². The van der Waals surface area contributed by atoms with Gasteiger partial charge in [0.15, 0.2) is 17.9 Å². The first kappa shape index (κ1) is 26.2. The van der Waals surface area contributed by atoms with Gasteiger partial charge >= 0.3 is 6.36 Å². The molecule has 1 aliphatic heterocycles. The molecule has 0 unspecified atom stereocenters. The van der Waals surface area contributed by atoms with Crippen LogP contribution >= 0.6 is 0 Å². The number of benzene rings is 1. The van der Waals surface area contributed by atoms with Gasteiger partial charge in [-0.1, -0.05) is 19.4 Å². The van der Waals surface area contributed by atoms with E-state index in [1.165, 1.54) is 6.08 Å². The molecule has 0 radical (unpaired) electrons. The maximum atomic E-state index is 14.9. The summed E-state index contributed by atoms with van der Waals surface area (Å²) in [5, 5.41) is -0.664. The Morgan fingerprint density at radius 1 is 0.917 bits per heavy atom. The van der Waals surface area contributed by atoms with E-state index in [-0.39, 0.29) is 28.7 Å². The Morgan fingerprint density at radius 3 is 2.14 bits per heavy atom. The third kappa shape index (κ3) is 5.92. The molecule has 3 aliphatic rings. The summed E-state index contributed by atoms with van der Waals surface area (Å²) in [7, 11) is 0. The van der Waals surface area contributed by atoms with Crippen molar-refractivity contribution in [2.75, 3.05) is 13.2 Å². The average Bonchev–Trinajstić information content (AvgIpc) is 2.80. The normalized spacial score (nSPS) is 23.1. The molecular formula is C26H23F7O3. The second kappa shape index (κ2) is 10.6. The van der Waals surface area contributed by atoms with Crippen molar-refractivity contribution >= 4 is 11.1 Å². The molecule has 4 rings (SSSR count). The monoisotopic (exact) mass is 516 g/mol. The van der Waals surface area contributed by atoms with Crippen molar-refractivity contribution in [3.8, 4) is 0 Å². The first-order valence-corrected chi connectivity index (χ1v) is 11.4. The molecule has 0 amide bonds. The lowest BCUT2D eigenvalue weighted by Crippen LogP contribution is -2.33. The molecule has 36 heavy (non-hydrogen) atoms. The number of allylic oxidation sites excluding steroid dienone is 5. The maximum absolute atomic E-state index is 14.9. The highest BCUT2D eigenvalue weighted by molar-refractivity contribution is 5.67. The maximum Gasteiger partial charge on any atom is 0.573 e. The average molecular weight is 516 g/mol. The van der Waals surface area contributed by atoms with E-state index >= 15 is 0 Å². The van der Waals surface area contributed by atoms with Crippen molar-refractivity contribution in [3.05, 3.63) is 81.5 Å². The molecule has 0 aromatic heterocycles. The highest BCUT2D eigenvalue weighted by atomic mass is 19.4. The number of halogens is 7. The van der Waals surface area contributed by atoms with Crippen LogP contribution in [0, 0.1) is 17.6 Å². The molecule has 1 aromatic rings. The van der Waals surface area contributed by atoms with Crippen LogP contribution in [0.2, 0.25) is 0 Å². The van der Waals surface area contributed by atoms with Crippen molar-refractivity contribution in [1.29, 1.82) is 0 Å². The molecular weight excluding hydrogens is 493 g/mol. The zero-order valence-corrected chi connectivity index (χ0v) is 19.2. The largest absolute Gasteiger partial charge is 0.573 e. The van der Waals surface area contributed by atoms with Gasteiger partial charge in [-0.25, -0.2) is 17.6 Å². The van der Waals surface area contributed by atoms with Crippen molar-refractivity contribution in [2.45, 2.75) is 45.3 Å². The van der Waals surface area contributed by atoms with E-state index in [1.807, 2.05) is 0 Å². The Labute approximate surface area is 202 Å². The van der Waals surface area contributed by atoms with Gasteiger partial charge in [0.2, 0.25) is 0 Å². The van der Waals surface area contributed by atoms with Crippen LogP contribution in [0.4, 0.5) is 30.7 Å². The summed E-state index contributed by atoms with van der Waals surface area (Å²) in [6, 6.07) is 1.82. The van der Waals surface area contributed by atoms with Gasteiger partial charge in [-0.05, 0) is 66.0 Å². The summed E-state index contributed by atoms with van der Waals surface area (Å²) in [5.74, 6) is -5.13. The van der Waals surface area contributed by atoms with Crippen molar-refractivity contribution < 1.29 is 44.9 Å². The Hall–Kier alpha value is -2.85. The molecule has 0 atom stereocenters. The SMILES string of the molecule is CCCC1COC(C2=CCC(=c3cc(F)c(=C4C=C(F)C(OC(F)(F)F)=CC4)c(F)c3)C(F)=C2)OC1. The van der Waals surface area contributed by atoms with E-state index in [1.54, 1.807) is 6.08 Å². The van der Waals surface area contributed by atoms with Crippen LogP contribution in [-0.4, -0.2) is 25.9 Å². The second-order valence-corrected chi connectivity index (χ2v) is 8.69. The number of alkyl halides is 3. The number of rotatable bonds is 4. The molecule has 1 aromatic carbocycles. The topological polar surface area (TPSA) is 27.7 Å². The molecule has 0 N–H and O–H groups in total. The highest BCUT2D eigenvalue weighted by Gasteiger charge is 2.34. The first-order valence-electron chi connectivity index (χ1n) is 11.4. The first-order chi connectivity index (χ1) is 17.1. The van der Waals surface area contributed by atoms with Gasteiger partial charge in [-0.2, -0.15) is 0 Å². The molecule has 1 heterocycles. The van der Waals surface area contributed by atoms with Crippen LogP contribution in [-0.2, 0) is 14.2 Å². The smallest absolute Gasteiger partial charge is 0.403 e. The quantitative estimate of drug-likeness (QED) is 0.466. The van der Waals surface area contributed by atoms with Crippen LogP contribution in [0.15, 0.2) is 59.4 Å². The summed E-state index contributed by atoms with van der Waals surface area (Å²) >= 11 is 0. The Morgan fingerprint density at radius 2 is 1.58 bits per heavy atom. The van der Waals surface area contributed by atoms with Gasteiger partial charge in [0.05, 0.1) is 13.2 Å². The molecule has 0 saturated carbocycles. The van der Waals surface area contributed by atoms with Gasteiger partial charge in [0, 0.05) is 16.7 Å². The van der Waals surface area contributed by atoms with E-state index in [9.17, 15) is 30.7 Å². The predicted octanol–water partition coefficient (Wildman–Crippen LogP) is 5.92. The Bertz CT molecular complexity index is 1230. The summed E-state index contributed by atoms with van der Waals surface area (Å²) in [5.41, 5.74) is 0.299. The molecule has 0 spiro atoms. The van der Waals surface area contributed by atoms with E-state index in [2.05, 4.69) is 11.7 Å². The van der Waals surface area contributed by atoms with Crippen LogP contribution in [0.5, 0.6) is 0 Å². The van der Waals surface area contributed by atoms with Crippen molar-refractivity contribution in [3.63, 3.8) is 0 Å². The Kier molecular flexibility index (Phi) is 7.75. The van der Waals surface area contributed by atoms with Gasteiger partial charge in [0.25, 0.3) is 0 Å². The van der Waals surface area contributed by atoms with Gasteiger partial charge in [0.1, 0.15) is 17.5 Å². The minimum absolute atomic E-state index is 0.0312. The van der Waals surface area contributed by atoms with Crippen LogP contribution in [0.1, 0.15) is 32.6 Å². The molecule has 10 heteroatoms. The van der Waals surface area contributed by atoms with Gasteiger partial charge in [-0.15, -0.1) is 13.2 Å². The van der Waals surface area contributed by atoms with Crippen LogP contribution in [0.25, 0.3) is 11.1 Å². The van der Waals surface area contributed by atoms with Crippen molar-refractivity contribution in [1.82, 2.24) is 0 Å². The van der Waals surface area contributed by atoms with E-state index in [0.717, 1.165) is 31.1 Å². The number of hydrogen-bond donors (Lipinski definition) is 0.